The summed E-state index contributed by atoms with van der Waals surface area (Å²) < 4.78 is 0. The van der Waals surface area contributed by atoms with Crippen LogP contribution in [0.2, 0.25) is 0 Å². The molecule has 0 saturated carbocycles. The Morgan fingerprint density at radius 1 is 0.690 bits per heavy atom. The molecule has 1 heterocycles. The summed E-state index contributed by atoms with van der Waals surface area (Å²) in [7, 11) is 0. The molecule has 0 spiro atoms. The molecule has 4 rings (SSSR count). The lowest BCUT2D eigenvalue weighted by Crippen LogP contribution is -2.48. The average Bonchev–Trinajstić information content (AvgIpc) is 2.79. The highest BCUT2D eigenvalue weighted by Crippen LogP contribution is 2.24. The molecule has 5 heteroatoms. The fourth-order valence-electron chi connectivity index (χ4n) is 3.63. The first-order valence-electron chi connectivity index (χ1n) is 9.65. The Kier molecular flexibility index (Phi) is 5.29. The average molecular weight is 386 g/mol. The van der Waals surface area contributed by atoms with Crippen LogP contribution in [0.25, 0.3) is 11.1 Å². The van der Waals surface area contributed by atoms with E-state index in [0.29, 0.717) is 18.7 Å². The topological polar surface area (TPSA) is 60.9 Å². The summed E-state index contributed by atoms with van der Waals surface area (Å²) in [6, 6.07) is 25.0. The quantitative estimate of drug-likeness (QED) is 0.736. The first kappa shape index (κ1) is 18.7. The summed E-state index contributed by atoms with van der Waals surface area (Å²) in [5.74, 6) is -1.14. The van der Waals surface area contributed by atoms with Crippen molar-refractivity contribution in [3.8, 4) is 11.1 Å². The summed E-state index contributed by atoms with van der Waals surface area (Å²) in [4.78, 5) is 27.9. The fraction of sp³-hybridized carbons (Fsp3) is 0.167. The zero-order chi connectivity index (χ0) is 20.2. The second-order valence-electron chi connectivity index (χ2n) is 7.08. The van der Waals surface area contributed by atoms with Gasteiger partial charge < -0.3 is 14.9 Å². The predicted molar refractivity (Wildman–Crippen MR) is 113 cm³/mol. The number of carboxylic acid groups (broad SMARTS) is 1. The Hall–Kier alpha value is -3.60. The number of anilines is 1. The van der Waals surface area contributed by atoms with E-state index in [1.165, 1.54) is 23.3 Å². The Labute approximate surface area is 169 Å². The molecule has 1 saturated heterocycles. The monoisotopic (exact) mass is 386 g/mol. The number of carboxylic acids is 1. The van der Waals surface area contributed by atoms with Gasteiger partial charge in [-0.2, -0.15) is 0 Å². The van der Waals surface area contributed by atoms with Gasteiger partial charge in [-0.05, 0) is 41.5 Å². The number of carbonyl (C=O) groups excluding carboxylic acids is 1. The molecule has 1 aliphatic heterocycles. The van der Waals surface area contributed by atoms with Crippen LogP contribution in [0.4, 0.5) is 5.69 Å². The Balaban J connectivity index is 1.40. The van der Waals surface area contributed by atoms with E-state index in [4.69, 9.17) is 5.11 Å². The van der Waals surface area contributed by atoms with E-state index >= 15 is 0 Å². The number of amides is 1. The smallest absolute Gasteiger partial charge is 0.335 e. The van der Waals surface area contributed by atoms with Crippen molar-refractivity contribution in [1.29, 1.82) is 0 Å². The molecule has 0 bridgehead atoms. The predicted octanol–water partition coefficient (Wildman–Crippen LogP) is 4.01. The SMILES string of the molecule is O=C(O)c1cccc(C(=O)N2CCN(c3ccc(-c4ccccc4)cc3)CC2)c1. The fourth-order valence-corrected chi connectivity index (χ4v) is 3.63. The number of hydrogen-bond donors (Lipinski definition) is 1. The van der Waals surface area contributed by atoms with Crippen molar-refractivity contribution in [3.63, 3.8) is 0 Å². The van der Waals surface area contributed by atoms with Gasteiger partial charge in [-0.15, -0.1) is 0 Å². The summed E-state index contributed by atoms with van der Waals surface area (Å²) in [6.07, 6.45) is 0. The van der Waals surface area contributed by atoms with Crippen molar-refractivity contribution in [2.24, 2.45) is 0 Å². The number of benzene rings is 3. The molecule has 0 radical (unpaired) electrons. The van der Waals surface area contributed by atoms with Crippen LogP contribution in [0.1, 0.15) is 20.7 Å². The third kappa shape index (κ3) is 4.14. The third-order valence-electron chi connectivity index (χ3n) is 5.26. The zero-order valence-electron chi connectivity index (χ0n) is 16.0. The minimum absolute atomic E-state index is 0.118. The molecular formula is C24H22N2O3. The Morgan fingerprint density at radius 2 is 1.31 bits per heavy atom. The van der Waals surface area contributed by atoms with E-state index in [1.807, 2.05) is 18.2 Å². The van der Waals surface area contributed by atoms with Crippen LogP contribution in [0.3, 0.4) is 0 Å². The van der Waals surface area contributed by atoms with Crippen molar-refractivity contribution < 1.29 is 14.7 Å². The molecule has 1 N–H and O–H groups in total. The maximum atomic E-state index is 12.7. The summed E-state index contributed by atoms with van der Waals surface area (Å²) in [5, 5.41) is 9.12. The second-order valence-corrected chi connectivity index (χ2v) is 7.08. The standard InChI is InChI=1S/C24H22N2O3/c27-23(20-7-4-8-21(17-20)24(28)29)26-15-13-25(14-16-26)22-11-9-19(10-12-22)18-5-2-1-3-6-18/h1-12,17H,13-16H2,(H,28,29). The number of carbonyl (C=O) groups is 2. The molecule has 5 nitrogen and oxygen atoms in total. The molecule has 0 aliphatic carbocycles. The van der Waals surface area contributed by atoms with Gasteiger partial charge in [-0.25, -0.2) is 4.79 Å². The van der Waals surface area contributed by atoms with E-state index in [1.54, 1.807) is 17.0 Å². The van der Waals surface area contributed by atoms with Crippen molar-refractivity contribution in [3.05, 3.63) is 90.0 Å². The van der Waals surface area contributed by atoms with Crippen molar-refractivity contribution >= 4 is 17.6 Å². The minimum atomic E-state index is -1.02. The summed E-state index contributed by atoms with van der Waals surface area (Å²) >= 11 is 0. The normalized spacial score (nSPS) is 13.9. The van der Waals surface area contributed by atoms with Gasteiger partial charge in [0.1, 0.15) is 0 Å². The molecule has 0 aromatic heterocycles. The van der Waals surface area contributed by atoms with Crippen molar-refractivity contribution in [2.75, 3.05) is 31.1 Å². The minimum Gasteiger partial charge on any atom is -0.478 e. The number of hydrogen-bond acceptors (Lipinski definition) is 3. The molecule has 146 valence electrons. The van der Waals surface area contributed by atoms with Gasteiger partial charge in [0, 0.05) is 37.4 Å². The molecule has 0 atom stereocenters. The second kappa shape index (κ2) is 8.19. The van der Waals surface area contributed by atoms with Gasteiger partial charge in [0.25, 0.3) is 5.91 Å². The van der Waals surface area contributed by atoms with Crippen LogP contribution in [-0.2, 0) is 0 Å². The van der Waals surface area contributed by atoms with E-state index in [-0.39, 0.29) is 11.5 Å². The molecule has 1 amide bonds. The van der Waals surface area contributed by atoms with Crippen LogP contribution in [0.5, 0.6) is 0 Å². The highest BCUT2D eigenvalue weighted by atomic mass is 16.4. The number of nitrogens with zero attached hydrogens (tertiary/aromatic N) is 2. The highest BCUT2D eigenvalue weighted by molar-refractivity contribution is 5.97. The van der Waals surface area contributed by atoms with Gasteiger partial charge in [0.05, 0.1) is 5.56 Å². The van der Waals surface area contributed by atoms with E-state index in [9.17, 15) is 9.59 Å². The summed E-state index contributed by atoms with van der Waals surface area (Å²) in [6.45, 7) is 2.71. The molecular weight excluding hydrogens is 364 g/mol. The van der Waals surface area contributed by atoms with E-state index < -0.39 is 5.97 Å². The molecule has 3 aromatic carbocycles. The molecule has 0 unspecified atom stereocenters. The van der Waals surface area contributed by atoms with Crippen LogP contribution in [0.15, 0.2) is 78.9 Å². The zero-order valence-corrected chi connectivity index (χ0v) is 16.0. The lowest BCUT2D eigenvalue weighted by molar-refractivity contribution is 0.0697. The van der Waals surface area contributed by atoms with Crippen molar-refractivity contribution in [2.45, 2.75) is 0 Å². The lowest BCUT2D eigenvalue weighted by Gasteiger charge is -2.36. The highest BCUT2D eigenvalue weighted by Gasteiger charge is 2.23. The van der Waals surface area contributed by atoms with Crippen LogP contribution in [0, 0.1) is 0 Å². The van der Waals surface area contributed by atoms with Gasteiger partial charge in [-0.1, -0.05) is 48.5 Å². The largest absolute Gasteiger partial charge is 0.478 e. The first-order chi connectivity index (χ1) is 14.1. The van der Waals surface area contributed by atoms with Crippen LogP contribution >= 0.6 is 0 Å². The van der Waals surface area contributed by atoms with Gasteiger partial charge in [0.15, 0.2) is 0 Å². The molecule has 3 aromatic rings. The van der Waals surface area contributed by atoms with Gasteiger partial charge >= 0.3 is 5.97 Å². The number of rotatable bonds is 4. The maximum Gasteiger partial charge on any atom is 0.335 e. The molecule has 1 aliphatic rings. The molecule has 29 heavy (non-hydrogen) atoms. The Bertz CT molecular complexity index is 1010. The molecule has 1 fully saturated rings. The van der Waals surface area contributed by atoms with Gasteiger partial charge in [0.2, 0.25) is 0 Å². The maximum absolute atomic E-state index is 12.7. The van der Waals surface area contributed by atoms with E-state index in [2.05, 4.69) is 41.3 Å². The Morgan fingerprint density at radius 3 is 1.97 bits per heavy atom. The summed E-state index contributed by atoms with van der Waals surface area (Å²) in [5.41, 5.74) is 4.07. The first-order valence-corrected chi connectivity index (χ1v) is 9.65. The number of aromatic carboxylic acids is 1. The third-order valence-corrected chi connectivity index (χ3v) is 5.26. The lowest BCUT2D eigenvalue weighted by atomic mass is 10.1. The van der Waals surface area contributed by atoms with Crippen LogP contribution in [-0.4, -0.2) is 48.1 Å². The number of piperazine rings is 1. The van der Waals surface area contributed by atoms with E-state index in [0.717, 1.165) is 18.8 Å². The van der Waals surface area contributed by atoms with Gasteiger partial charge in [-0.3, -0.25) is 4.79 Å². The van der Waals surface area contributed by atoms with Crippen LogP contribution < -0.4 is 4.90 Å². The van der Waals surface area contributed by atoms with Crippen molar-refractivity contribution in [1.82, 2.24) is 4.90 Å².